The number of anilines is 1. The van der Waals surface area contributed by atoms with Gasteiger partial charge in [0.2, 0.25) is 0 Å². The first-order valence-electron chi connectivity index (χ1n) is 6.17. The number of rotatable bonds is 3. The Morgan fingerprint density at radius 2 is 2.26 bits per heavy atom. The maximum Gasteiger partial charge on any atom is 0.328 e. The van der Waals surface area contributed by atoms with E-state index in [1.165, 1.54) is 17.7 Å². The van der Waals surface area contributed by atoms with Crippen LogP contribution in [0.25, 0.3) is 6.08 Å². The molecule has 1 aliphatic heterocycles. The number of carboxylic acid groups (broad SMARTS) is 1. The van der Waals surface area contributed by atoms with Crippen LogP contribution < -0.4 is 4.90 Å². The molecule has 0 fully saturated rings. The van der Waals surface area contributed by atoms with Gasteiger partial charge < -0.3 is 10.0 Å². The van der Waals surface area contributed by atoms with Gasteiger partial charge in [-0.3, -0.25) is 0 Å². The quantitative estimate of drug-likeness (QED) is 0.671. The molecule has 4 heteroatoms. The highest BCUT2D eigenvalue weighted by atomic mass is 19.1. The number of hydrogen-bond acceptors (Lipinski definition) is 2. The zero-order chi connectivity index (χ0) is 13.8. The van der Waals surface area contributed by atoms with E-state index in [0.717, 1.165) is 19.0 Å². The molecule has 0 saturated carbocycles. The molecule has 0 saturated heterocycles. The predicted molar refractivity (Wildman–Crippen MR) is 73.7 cm³/mol. The Morgan fingerprint density at radius 1 is 1.47 bits per heavy atom. The van der Waals surface area contributed by atoms with Crippen LogP contribution in [0, 0.1) is 5.82 Å². The van der Waals surface area contributed by atoms with Crippen molar-refractivity contribution in [3.63, 3.8) is 0 Å². The number of aliphatic carboxylic acids is 1. The average molecular weight is 261 g/mol. The Hall–Kier alpha value is -2.10. The first-order chi connectivity index (χ1) is 9.06. The third-order valence-corrected chi connectivity index (χ3v) is 3.17. The van der Waals surface area contributed by atoms with Gasteiger partial charge in [-0.1, -0.05) is 17.7 Å². The van der Waals surface area contributed by atoms with E-state index in [4.69, 9.17) is 5.11 Å². The Bertz CT molecular complexity index is 549. The van der Waals surface area contributed by atoms with Crippen molar-refractivity contribution < 1.29 is 14.3 Å². The predicted octanol–water partition coefficient (Wildman–Crippen LogP) is 3.08. The monoisotopic (exact) mass is 261 g/mol. The lowest BCUT2D eigenvalue weighted by Crippen LogP contribution is -2.28. The van der Waals surface area contributed by atoms with Gasteiger partial charge in [-0.05, 0) is 37.1 Å². The number of carbonyl (C=O) groups is 1. The summed E-state index contributed by atoms with van der Waals surface area (Å²) in [5.41, 5.74) is 2.45. The van der Waals surface area contributed by atoms with Crippen LogP contribution in [0.2, 0.25) is 0 Å². The maximum atomic E-state index is 14.0. The van der Waals surface area contributed by atoms with E-state index in [1.807, 2.05) is 4.90 Å². The minimum atomic E-state index is -1.04. The van der Waals surface area contributed by atoms with Gasteiger partial charge in [-0.15, -0.1) is 0 Å². The van der Waals surface area contributed by atoms with Gasteiger partial charge >= 0.3 is 5.97 Å². The van der Waals surface area contributed by atoms with Gasteiger partial charge in [0.15, 0.2) is 0 Å². The number of benzene rings is 1. The van der Waals surface area contributed by atoms with Gasteiger partial charge in [0.25, 0.3) is 0 Å². The molecule has 0 atom stereocenters. The fourth-order valence-corrected chi connectivity index (χ4v) is 2.04. The van der Waals surface area contributed by atoms with Crippen LogP contribution in [0.5, 0.6) is 0 Å². The molecule has 0 bridgehead atoms. The molecular formula is C15H16FNO2. The van der Waals surface area contributed by atoms with Crippen molar-refractivity contribution in [3.05, 3.63) is 47.3 Å². The summed E-state index contributed by atoms with van der Waals surface area (Å²) in [5.74, 6) is -1.36. The van der Waals surface area contributed by atoms with Crippen molar-refractivity contribution in [1.29, 1.82) is 0 Å². The number of halogens is 1. The number of nitrogens with zero attached hydrogens (tertiary/aromatic N) is 1. The molecule has 19 heavy (non-hydrogen) atoms. The van der Waals surface area contributed by atoms with Crippen LogP contribution in [-0.4, -0.2) is 24.2 Å². The molecule has 1 aromatic rings. The summed E-state index contributed by atoms with van der Waals surface area (Å²) in [6, 6.07) is 4.79. The molecule has 0 amide bonds. The maximum absolute atomic E-state index is 14.0. The molecule has 3 nitrogen and oxygen atoms in total. The molecule has 1 N–H and O–H groups in total. The van der Waals surface area contributed by atoms with Crippen molar-refractivity contribution in [2.45, 2.75) is 13.3 Å². The van der Waals surface area contributed by atoms with Crippen molar-refractivity contribution in [2.75, 3.05) is 18.0 Å². The third-order valence-electron chi connectivity index (χ3n) is 3.17. The van der Waals surface area contributed by atoms with Gasteiger partial charge in [0.1, 0.15) is 5.82 Å². The molecule has 0 spiro atoms. The van der Waals surface area contributed by atoms with E-state index in [9.17, 15) is 9.18 Å². The first kappa shape index (κ1) is 13.3. The van der Waals surface area contributed by atoms with Crippen molar-refractivity contribution in [3.8, 4) is 0 Å². The summed E-state index contributed by atoms with van der Waals surface area (Å²) in [6.45, 7) is 3.60. The van der Waals surface area contributed by atoms with Crippen LogP contribution >= 0.6 is 0 Å². The van der Waals surface area contributed by atoms with Crippen LogP contribution in [0.4, 0.5) is 10.1 Å². The fourth-order valence-electron chi connectivity index (χ4n) is 2.04. The van der Waals surface area contributed by atoms with Crippen molar-refractivity contribution >= 4 is 17.7 Å². The van der Waals surface area contributed by atoms with Gasteiger partial charge in [0.05, 0.1) is 5.69 Å². The van der Waals surface area contributed by atoms with Crippen LogP contribution in [0.1, 0.15) is 18.9 Å². The van der Waals surface area contributed by atoms with Crippen molar-refractivity contribution in [2.24, 2.45) is 0 Å². The largest absolute Gasteiger partial charge is 0.478 e. The lowest BCUT2D eigenvalue weighted by molar-refractivity contribution is -0.131. The second kappa shape index (κ2) is 5.69. The second-order valence-corrected chi connectivity index (χ2v) is 4.63. The summed E-state index contributed by atoms with van der Waals surface area (Å²) >= 11 is 0. The molecule has 0 aromatic heterocycles. The number of hydrogen-bond donors (Lipinski definition) is 1. The van der Waals surface area contributed by atoms with E-state index in [2.05, 4.69) is 13.0 Å². The molecule has 1 aliphatic rings. The Labute approximate surface area is 111 Å². The normalized spacial score (nSPS) is 15.7. The molecule has 0 aliphatic carbocycles. The number of carboxylic acids is 1. The molecule has 0 radical (unpaired) electrons. The van der Waals surface area contributed by atoms with Crippen LogP contribution in [-0.2, 0) is 4.79 Å². The third kappa shape index (κ3) is 3.44. The summed E-state index contributed by atoms with van der Waals surface area (Å²) in [5, 5.41) is 8.53. The van der Waals surface area contributed by atoms with Gasteiger partial charge in [-0.25, -0.2) is 9.18 Å². The lowest BCUT2D eigenvalue weighted by atomic mass is 10.1. The molecule has 1 aromatic carbocycles. The summed E-state index contributed by atoms with van der Waals surface area (Å²) in [4.78, 5) is 12.4. The van der Waals surface area contributed by atoms with E-state index >= 15 is 0 Å². The minimum absolute atomic E-state index is 0.319. The van der Waals surface area contributed by atoms with Crippen LogP contribution in [0.15, 0.2) is 35.9 Å². The Balaban J connectivity index is 2.18. The molecular weight excluding hydrogens is 245 g/mol. The minimum Gasteiger partial charge on any atom is -0.478 e. The lowest BCUT2D eigenvalue weighted by Gasteiger charge is -2.28. The van der Waals surface area contributed by atoms with Crippen molar-refractivity contribution in [1.82, 2.24) is 0 Å². The Kier molecular flexibility index (Phi) is 4.00. The summed E-state index contributed by atoms with van der Waals surface area (Å²) in [7, 11) is 0. The SMILES string of the molecule is CC1=CCN(c2ccc(/C=C/C(=O)O)cc2F)CC1. The molecule has 1 heterocycles. The summed E-state index contributed by atoms with van der Waals surface area (Å²) in [6.07, 6.45) is 5.43. The molecule has 0 unspecified atom stereocenters. The smallest absolute Gasteiger partial charge is 0.328 e. The van der Waals surface area contributed by atoms with E-state index < -0.39 is 5.97 Å². The zero-order valence-electron chi connectivity index (χ0n) is 10.8. The van der Waals surface area contributed by atoms with Gasteiger partial charge in [-0.2, -0.15) is 0 Å². The van der Waals surface area contributed by atoms with Crippen LogP contribution in [0.3, 0.4) is 0 Å². The average Bonchev–Trinajstić information content (AvgIpc) is 2.38. The zero-order valence-corrected chi connectivity index (χ0v) is 10.8. The van der Waals surface area contributed by atoms with Gasteiger partial charge in [0, 0.05) is 19.2 Å². The second-order valence-electron chi connectivity index (χ2n) is 4.63. The highest BCUT2D eigenvalue weighted by Crippen LogP contribution is 2.24. The highest BCUT2D eigenvalue weighted by Gasteiger charge is 2.13. The standard InChI is InChI=1S/C15H16FNO2/c1-11-6-8-17(9-7-11)14-4-2-12(10-13(14)16)3-5-15(18)19/h2-6,10H,7-9H2,1H3,(H,18,19)/b5-3+. The summed E-state index contributed by atoms with van der Waals surface area (Å²) < 4.78 is 14.0. The topological polar surface area (TPSA) is 40.5 Å². The fraction of sp³-hybridized carbons (Fsp3) is 0.267. The Morgan fingerprint density at radius 3 is 2.84 bits per heavy atom. The first-order valence-corrected chi connectivity index (χ1v) is 6.17. The molecule has 100 valence electrons. The van der Waals surface area contributed by atoms with E-state index in [-0.39, 0.29) is 5.82 Å². The highest BCUT2D eigenvalue weighted by molar-refractivity contribution is 5.85. The van der Waals surface area contributed by atoms with E-state index in [1.54, 1.807) is 12.1 Å². The van der Waals surface area contributed by atoms with E-state index in [0.29, 0.717) is 17.8 Å². The molecule has 2 rings (SSSR count).